The van der Waals surface area contributed by atoms with Gasteiger partial charge in [0.15, 0.2) is 0 Å². The molecular formula is C16H25N5. The highest BCUT2D eigenvalue weighted by Gasteiger charge is 2.35. The van der Waals surface area contributed by atoms with E-state index in [2.05, 4.69) is 27.9 Å². The highest BCUT2D eigenvalue weighted by molar-refractivity contribution is 6.01. The van der Waals surface area contributed by atoms with E-state index in [9.17, 15) is 0 Å². The van der Waals surface area contributed by atoms with Gasteiger partial charge >= 0.3 is 0 Å². The van der Waals surface area contributed by atoms with E-state index in [-0.39, 0.29) is 5.84 Å². The number of fused-ring (bicyclic) bond motifs is 2. The minimum absolute atomic E-state index is 0.123. The number of pyridine rings is 1. The molecule has 0 spiro atoms. The minimum Gasteiger partial charge on any atom is -0.384 e. The maximum absolute atomic E-state index is 7.91. The first-order valence-corrected chi connectivity index (χ1v) is 7.77. The van der Waals surface area contributed by atoms with Crippen LogP contribution in [0.1, 0.15) is 36.2 Å². The molecule has 0 saturated carbocycles. The van der Waals surface area contributed by atoms with Crippen LogP contribution in [0.4, 0.5) is 5.69 Å². The number of nitrogens with two attached hydrogens (primary N) is 1. The monoisotopic (exact) mass is 287 g/mol. The molecule has 2 aliphatic heterocycles. The summed E-state index contributed by atoms with van der Waals surface area (Å²) in [5.41, 5.74) is 9.58. The molecule has 21 heavy (non-hydrogen) atoms. The summed E-state index contributed by atoms with van der Waals surface area (Å²) in [6, 6.07) is 3.42. The van der Waals surface area contributed by atoms with Gasteiger partial charge in [0.2, 0.25) is 0 Å². The Balaban J connectivity index is 1.98. The van der Waals surface area contributed by atoms with E-state index in [4.69, 9.17) is 11.1 Å². The van der Waals surface area contributed by atoms with E-state index in [1.165, 1.54) is 19.3 Å². The van der Waals surface area contributed by atoms with E-state index >= 15 is 0 Å². The van der Waals surface area contributed by atoms with Crippen LogP contribution in [0, 0.1) is 19.3 Å². The third-order valence-corrected chi connectivity index (χ3v) is 5.07. The quantitative estimate of drug-likeness (QED) is 0.641. The fourth-order valence-corrected chi connectivity index (χ4v) is 3.92. The molecule has 1 aromatic rings. The lowest BCUT2D eigenvalue weighted by molar-refractivity contribution is 0.254. The highest BCUT2D eigenvalue weighted by atomic mass is 15.3. The Hall–Kier alpha value is -1.62. The minimum atomic E-state index is 0.123. The molecule has 114 valence electrons. The molecule has 2 aliphatic rings. The lowest BCUT2D eigenvalue weighted by atomic mass is 10.0. The van der Waals surface area contributed by atoms with Crippen molar-refractivity contribution in [2.45, 2.75) is 45.2 Å². The number of nitrogens with zero attached hydrogens (tertiary/aromatic N) is 3. The molecule has 5 heteroatoms. The molecule has 0 aromatic carbocycles. The van der Waals surface area contributed by atoms with E-state index in [1.807, 2.05) is 13.8 Å². The molecule has 1 aromatic heterocycles. The fraction of sp³-hybridized carbons (Fsp3) is 0.625. The van der Waals surface area contributed by atoms with Gasteiger partial charge in [0.1, 0.15) is 5.84 Å². The lowest BCUT2D eigenvalue weighted by Crippen LogP contribution is -2.37. The summed E-state index contributed by atoms with van der Waals surface area (Å²) in [6.45, 7) is 6.02. The van der Waals surface area contributed by atoms with Gasteiger partial charge in [0.05, 0.1) is 16.9 Å². The Morgan fingerprint density at radius 2 is 2.00 bits per heavy atom. The van der Waals surface area contributed by atoms with Crippen molar-refractivity contribution >= 4 is 11.5 Å². The third-order valence-electron chi connectivity index (χ3n) is 5.07. The Morgan fingerprint density at radius 3 is 2.71 bits per heavy atom. The van der Waals surface area contributed by atoms with Crippen LogP contribution in [0.2, 0.25) is 0 Å². The second-order valence-electron chi connectivity index (χ2n) is 6.44. The highest BCUT2D eigenvalue weighted by Crippen LogP contribution is 2.32. The van der Waals surface area contributed by atoms with E-state index in [1.54, 1.807) is 0 Å². The van der Waals surface area contributed by atoms with Crippen molar-refractivity contribution in [3.8, 4) is 0 Å². The number of rotatable bonds is 2. The predicted molar refractivity (Wildman–Crippen MR) is 86.1 cm³/mol. The van der Waals surface area contributed by atoms with Crippen molar-refractivity contribution < 1.29 is 0 Å². The fourth-order valence-electron chi connectivity index (χ4n) is 3.92. The van der Waals surface area contributed by atoms with Crippen LogP contribution in [-0.2, 0) is 0 Å². The molecule has 2 bridgehead atoms. The van der Waals surface area contributed by atoms with Crippen LogP contribution in [0.25, 0.3) is 0 Å². The van der Waals surface area contributed by atoms with Crippen LogP contribution in [0.3, 0.4) is 0 Å². The van der Waals surface area contributed by atoms with Gasteiger partial charge in [-0.25, -0.2) is 0 Å². The number of anilines is 1. The standard InChI is InChI=1S/C16H25N5/c1-10-8-14(15(16(17)18)11(2)19-10)21-7-6-12-4-5-13(9-21)20(12)3/h8,12-13H,4-7,9H2,1-3H3,(H3,17,18). The molecule has 2 unspecified atom stereocenters. The van der Waals surface area contributed by atoms with Gasteiger partial charge in [-0.05, 0) is 46.2 Å². The van der Waals surface area contributed by atoms with Gasteiger partial charge in [-0.1, -0.05) is 0 Å². The smallest absolute Gasteiger partial charge is 0.126 e. The number of nitrogen functional groups attached to an aromatic ring is 1. The van der Waals surface area contributed by atoms with Gasteiger partial charge in [-0.15, -0.1) is 0 Å². The number of amidine groups is 1. The van der Waals surface area contributed by atoms with Gasteiger partial charge in [-0.3, -0.25) is 15.3 Å². The summed E-state index contributed by atoms with van der Waals surface area (Å²) in [7, 11) is 2.25. The first-order chi connectivity index (χ1) is 9.97. The Bertz CT molecular complexity index is 568. The van der Waals surface area contributed by atoms with Crippen LogP contribution < -0.4 is 10.6 Å². The first kappa shape index (κ1) is 14.3. The molecule has 0 radical (unpaired) electrons. The molecule has 3 rings (SSSR count). The van der Waals surface area contributed by atoms with E-state index < -0.39 is 0 Å². The topological polar surface area (TPSA) is 69.2 Å². The molecule has 3 N–H and O–H groups in total. The van der Waals surface area contributed by atoms with Gasteiger partial charge in [0, 0.05) is 30.9 Å². The molecule has 2 atom stereocenters. The number of hydrogen-bond acceptors (Lipinski definition) is 4. The predicted octanol–water partition coefficient (Wildman–Crippen LogP) is 1.66. The largest absolute Gasteiger partial charge is 0.384 e. The van der Waals surface area contributed by atoms with Crippen molar-refractivity contribution in [3.63, 3.8) is 0 Å². The van der Waals surface area contributed by atoms with Gasteiger partial charge in [-0.2, -0.15) is 0 Å². The van der Waals surface area contributed by atoms with Crippen molar-refractivity contribution in [2.75, 3.05) is 25.0 Å². The van der Waals surface area contributed by atoms with E-state index in [0.717, 1.165) is 35.7 Å². The zero-order valence-electron chi connectivity index (χ0n) is 13.2. The first-order valence-electron chi connectivity index (χ1n) is 7.77. The van der Waals surface area contributed by atoms with Crippen molar-refractivity contribution in [1.82, 2.24) is 9.88 Å². The van der Waals surface area contributed by atoms with Crippen LogP contribution in [0.15, 0.2) is 6.07 Å². The molecule has 3 heterocycles. The molecule has 2 saturated heterocycles. The number of aromatic nitrogens is 1. The third kappa shape index (κ3) is 2.50. The molecule has 2 fully saturated rings. The summed E-state index contributed by atoms with van der Waals surface area (Å²) in [4.78, 5) is 9.43. The average molecular weight is 287 g/mol. The zero-order chi connectivity index (χ0) is 15.1. The number of nitrogens with one attached hydrogen (secondary N) is 1. The van der Waals surface area contributed by atoms with Crippen molar-refractivity contribution in [2.24, 2.45) is 5.73 Å². The Labute approximate surface area is 126 Å². The summed E-state index contributed by atoms with van der Waals surface area (Å²) < 4.78 is 0. The van der Waals surface area contributed by atoms with Crippen molar-refractivity contribution in [3.05, 3.63) is 23.0 Å². The number of aryl methyl sites for hydroxylation is 2. The maximum Gasteiger partial charge on any atom is 0.126 e. The number of hydrogen-bond donors (Lipinski definition) is 2. The van der Waals surface area contributed by atoms with Crippen LogP contribution >= 0.6 is 0 Å². The van der Waals surface area contributed by atoms with E-state index in [0.29, 0.717) is 12.1 Å². The Morgan fingerprint density at radius 1 is 1.29 bits per heavy atom. The van der Waals surface area contributed by atoms with Crippen LogP contribution in [0.5, 0.6) is 0 Å². The lowest BCUT2D eigenvalue weighted by Gasteiger charge is -2.30. The molecule has 0 aliphatic carbocycles. The summed E-state index contributed by atoms with van der Waals surface area (Å²) >= 11 is 0. The second-order valence-corrected chi connectivity index (χ2v) is 6.44. The average Bonchev–Trinajstić information content (AvgIpc) is 2.61. The SMILES string of the molecule is Cc1cc(N2CCC3CCC(C2)N3C)c(C(=N)N)c(C)n1. The Kier molecular flexibility index (Phi) is 3.61. The molecular weight excluding hydrogens is 262 g/mol. The molecule has 0 amide bonds. The number of likely N-dealkylation sites (N-methyl/N-ethyl adjacent to an activating group) is 1. The summed E-state index contributed by atoms with van der Waals surface area (Å²) in [5, 5.41) is 7.91. The second kappa shape index (κ2) is 5.30. The van der Waals surface area contributed by atoms with Crippen molar-refractivity contribution in [1.29, 1.82) is 5.41 Å². The summed E-state index contributed by atoms with van der Waals surface area (Å²) in [5.74, 6) is 0.123. The van der Waals surface area contributed by atoms with Gasteiger partial charge < -0.3 is 10.6 Å². The molecule has 5 nitrogen and oxygen atoms in total. The van der Waals surface area contributed by atoms with Crippen LogP contribution in [-0.4, -0.2) is 47.9 Å². The summed E-state index contributed by atoms with van der Waals surface area (Å²) in [6.07, 6.45) is 3.78. The normalized spacial score (nSPS) is 26.0. The zero-order valence-corrected chi connectivity index (χ0v) is 13.2. The van der Waals surface area contributed by atoms with Gasteiger partial charge in [0.25, 0.3) is 0 Å². The maximum atomic E-state index is 7.91.